The van der Waals surface area contributed by atoms with E-state index in [2.05, 4.69) is 15.6 Å². The highest BCUT2D eigenvalue weighted by Gasteiger charge is 2.37. The molecule has 202 valence electrons. The van der Waals surface area contributed by atoms with Gasteiger partial charge in [0.2, 0.25) is 11.8 Å². The highest BCUT2D eigenvalue weighted by molar-refractivity contribution is 6.02. The minimum Gasteiger partial charge on any atom is -0.493 e. The van der Waals surface area contributed by atoms with Crippen molar-refractivity contribution >= 4 is 28.5 Å². The van der Waals surface area contributed by atoms with E-state index >= 15 is 0 Å². The van der Waals surface area contributed by atoms with Crippen LogP contribution in [-0.2, 0) is 16.1 Å². The lowest BCUT2D eigenvalue weighted by Gasteiger charge is -2.34. The van der Waals surface area contributed by atoms with Crippen LogP contribution in [0.2, 0.25) is 0 Å². The van der Waals surface area contributed by atoms with Crippen molar-refractivity contribution in [3.05, 3.63) is 77.9 Å². The number of carbonyl (C=O) groups excluding carboxylic acids is 2. The molecule has 9 heteroatoms. The maximum atomic E-state index is 14.3. The molecule has 3 aromatic carbocycles. The second kappa shape index (κ2) is 11.6. The molecule has 1 atom stereocenters. The number of nitrogens with zero attached hydrogens (tertiary/aromatic N) is 4. The first kappa shape index (κ1) is 26.2. The van der Waals surface area contributed by atoms with Crippen LogP contribution in [0.1, 0.15) is 42.9 Å². The van der Waals surface area contributed by atoms with Crippen molar-refractivity contribution in [3.8, 4) is 11.5 Å². The van der Waals surface area contributed by atoms with Crippen molar-refractivity contribution in [2.75, 3.05) is 19.1 Å². The summed E-state index contributed by atoms with van der Waals surface area (Å²) < 4.78 is 12.9. The molecule has 0 radical (unpaired) electrons. The second-order valence-corrected chi connectivity index (χ2v) is 9.76. The molecule has 0 saturated heterocycles. The zero-order valence-corrected chi connectivity index (χ0v) is 22.5. The molecule has 0 spiro atoms. The molecular formula is C30H33N5O4. The molecule has 1 saturated carbocycles. The van der Waals surface area contributed by atoms with Gasteiger partial charge in [-0.3, -0.25) is 14.5 Å². The fourth-order valence-corrected chi connectivity index (χ4v) is 5.36. The number of fused-ring (bicyclic) bond motifs is 1. The number of benzene rings is 3. The van der Waals surface area contributed by atoms with Crippen molar-refractivity contribution < 1.29 is 19.1 Å². The normalized spacial score (nSPS) is 14.2. The topological polar surface area (TPSA) is 98.6 Å². The van der Waals surface area contributed by atoms with E-state index < -0.39 is 6.04 Å². The van der Waals surface area contributed by atoms with Crippen molar-refractivity contribution in [1.29, 1.82) is 0 Å². The van der Waals surface area contributed by atoms with E-state index in [1.165, 1.54) is 7.11 Å². The SMILES string of the molecule is COc1cccc(C(C(=O)NC2CCCC2)N(C(=O)Cn2nnc3ccccc32)c2ccccc2C)c1OC. The number of hydrogen-bond donors (Lipinski definition) is 1. The van der Waals surface area contributed by atoms with E-state index in [1.54, 1.807) is 28.8 Å². The maximum absolute atomic E-state index is 14.3. The lowest BCUT2D eigenvalue weighted by Crippen LogP contribution is -2.47. The van der Waals surface area contributed by atoms with Gasteiger partial charge in [-0.15, -0.1) is 5.10 Å². The van der Waals surface area contributed by atoms with Crippen molar-refractivity contribution in [2.24, 2.45) is 0 Å². The van der Waals surface area contributed by atoms with E-state index in [0.717, 1.165) is 36.8 Å². The Morgan fingerprint density at radius 3 is 2.49 bits per heavy atom. The van der Waals surface area contributed by atoms with Crippen molar-refractivity contribution in [2.45, 2.75) is 51.2 Å². The van der Waals surface area contributed by atoms with Gasteiger partial charge in [-0.05, 0) is 49.6 Å². The first-order valence-corrected chi connectivity index (χ1v) is 13.2. The highest BCUT2D eigenvalue weighted by Crippen LogP contribution is 2.40. The third kappa shape index (κ3) is 5.30. The largest absolute Gasteiger partial charge is 0.493 e. The second-order valence-electron chi connectivity index (χ2n) is 9.76. The molecule has 1 fully saturated rings. The Balaban J connectivity index is 1.65. The van der Waals surface area contributed by atoms with Crippen LogP contribution in [0.3, 0.4) is 0 Å². The summed E-state index contributed by atoms with van der Waals surface area (Å²) in [5.41, 5.74) is 3.45. The number of para-hydroxylation sites is 3. The first-order chi connectivity index (χ1) is 19.0. The number of amides is 2. The first-order valence-electron chi connectivity index (χ1n) is 13.2. The van der Waals surface area contributed by atoms with E-state index in [-0.39, 0.29) is 24.4 Å². The number of nitrogens with one attached hydrogen (secondary N) is 1. The third-order valence-corrected chi connectivity index (χ3v) is 7.29. The summed E-state index contributed by atoms with van der Waals surface area (Å²) in [7, 11) is 3.09. The molecule has 9 nitrogen and oxygen atoms in total. The Kier molecular flexibility index (Phi) is 7.76. The lowest BCUT2D eigenvalue weighted by molar-refractivity contribution is -0.127. The Labute approximate surface area is 227 Å². The highest BCUT2D eigenvalue weighted by atomic mass is 16.5. The van der Waals surface area contributed by atoms with Gasteiger partial charge in [0, 0.05) is 17.3 Å². The minimum absolute atomic E-state index is 0.0599. The molecule has 1 aliphatic rings. The van der Waals surface area contributed by atoms with Crippen molar-refractivity contribution in [1.82, 2.24) is 20.3 Å². The van der Waals surface area contributed by atoms with Gasteiger partial charge in [0.25, 0.3) is 0 Å². The number of aryl methyl sites for hydroxylation is 1. The molecule has 1 N–H and O–H groups in total. The van der Waals surface area contributed by atoms with E-state index in [9.17, 15) is 9.59 Å². The minimum atomic E-state index is -1.01. The van der Waals surface area contributed by atoms with Gasteiger partial charge in [0.15, 0.2) is 11.5 Å². The predicted octanol–water partition coefficient (Wildman–Crippen LogP) is 4.59. The standard InChI is InChI=1S/C30H33N5O4/c1-20-11-4-8-16-24(20)35(27(36)19-34-25-17-9-7-15-23(25)32-33-34)28(30(37)31-21-12-5-6-13-21)22-14-10-18-26(38-2)29(22)39-3/h4,7-11,14-18,21,28H,5-6,12-13,19H2,1-3H3,(H,31,37). The monoisotopic (exact) mass is 527 g/mol. The molecule has 2 amide bonds. The zero-order valence-electron chi connectivity index (χ0n) is 22.5. The summed E-state index contributed by atoms with van der Waals surface area (Å²) >= 11 is 0. The van der Waals surface area contributed by atoms with Crippen LogP contribution in [0.15, 0.2) is 66.7 Å². The number of rotatable bonds is 9. The third-order valence-electron chi connectivity index (χ3n) is 7.29. The fourth-order valence-electron chi connectivity index (χ4n) is 5.36. The molecule has 39 heavy (non-hydrogen) atoms. The van der Waals surface area contributed by atoms with Crippen LogP contribution in [0, 0.1) is 6.92 Å². The molecule has 1 aliphatic carbocycles. The Bertz CT molecular complexity index is 1480. The lowest BCUT2D eigenvalue weighted by atomic mass is 9.99. The predicted molar refractivity (Wildman–Crippen MR) is 149 cm³/mol. The fraction of sp³-hybridized carbons (Fsp3) is 0.333. The van der Waals surface area contributed by atoms with E-state index in [1.807, 2.05) is 61.5 Å². The molecule has 1 heterocycles. The average molecular weight is 528 g/mol. The number of aromatic nitrogens is 3. The van der Waals surface area contributed by atoms with Crippen LogP contribution in [0.5, 0.6) is 11.5 Å². The van der Waals surface area contributed by atoms with Gasteiger partial charge in [-0.1, -0.05) is 60.5 Å². The van der Waals surface area contributed by atoms with Gasteiger partial charge in [-0.25, -0.2) is 4.68 Å². The molecule has 1 aromatic heterocycles. The number of methoxy groups -OCH3 is 2. The molecule has 0 aliphatic heterocycles. The molecular weight excluding hydrogens is 494 g/mol. The van der Waals surface area contributed by atoms with Gasteiger partial charge >= 0.3 is 0 Å². The molecule has 5 rings (SSSR count). The van der Waals surface area contributed by atoms with Gasteiger partial charge < -0.3 is 14.8 Å². The number of anilines is 1. The quantitative estimate of drug-likeness (QED) is 0.342. The Morgan fingerprint density at radius 2 is 1.74 bits per heavy atom. The summed E-state index contributed by atoms with van der Waals surface area (Å²) in [5, 5.41) is 11.6. The van der Waals surface area contributed by atoms with Crippen LogP contribution < -0.4 is 19.7 Å². The zero-order chi connectivity index (χ0) is 27.4. The summed E-state index contributed by atoms with van der Waals surface area (Å²) in [6.45, 7) is 1.82. The molecule has 1 unspecified atom stereocenters. The van der Waals surface area contributed by atoms with Crippen molar-refractivity contribution in [3.63, 3.8) is 0 Å². The summed E-state index contributed by atoms with van der Waals surface area (Å²) in [6.07, 6.45) is 3.96. The van der Waals surface area contributed by atoms with Crippen LogP contribution >= 0.6 is 0 Å². The Morgan fingerprint density at radius 1 is 1.00 bits per heavy atom. The average Bonchev–Trinajstić information content (AvgIpc) is 3.61. The number of ether oxygens (including phenoxy) is 2. The van der Waals surface area contributed by atoms with Crippen LogP contribution in [0.4, 0.5) is 5.69 Å². The van der Waals surface area contributed by atoms with E-state index in [4.69, 9.17) is 9.47 Å². The molecule has 4 aromatic rings. The van der Waals surface area contributed by atoms with Gasteiger partial charge in [0.05, 0.1) is 19.7 Å². The number of carbonyl (C=O) groups is 2. The van der Waals surface area contributed by atoms with E-state index in [0.29, 0.717) is 28.3 Å². The Hall–Kier alpha value is -4.40. The smallest absolute Gasteiger partial charge is 0.249 e. The maximum Gasteiger partial charge on any atom is 0.249 e. The summed E-state index contributed by atoms with van der Waals surface area (Å²) in [4.78, 5) is 30.0. The van der Waals surface area contributed by atoms with Gasteiger partial charge in [0.1, 0.15) is 18.1 Å². The molecule has 0 bridgehead atoms. The summed E-state index contributed by atoms with van der Waals surface area (Å²) in [6, 6.07) is 19.5. The summed E-state index contributed by atoms with van der Waals surface area (Å²) in [5.74, 6) is 0.308. The van der Waals surface area contributed by atoms with Crippen LogP contribution in [-0.4, -0.2) is 47.1 Å². The van der Waals surface area contributed by atoms with Gasteiger partial charge in [-0.2, -0.15) is 0 Å². The number of hydrogen-bond acceptors (Lipinski definition) is 6. The van der Waals surface area contributed by atoms with Crippen LogP contribution in [0.25, 0.3) is 11.0 Å².